The standard InChI is InChI=1S/C17H24N2S/c1-3-8-18-11-15(10-17-12-20-13-19-17)9-16-7-5-4-6-14(16)2/h4-7,12-13,15,18H,3,8-11H2,1-2H3. The molecular weight excluding hydrogens is 264 g/mol. The Morgan fingerprint density at radius 2 is 2.10 bits per heavy atom. The van der Waals surface area contributed by atoms with Crippen LogP contribution >= 0.6 is 11.3 Å². The monoisotopic (exact) mass is 288 g/mol. The lowest BCUT2D eigenvalue weighted by Crippen LogP contribution is -2.26. The molecule has 0 amide bonds. The van der Waals surface area contributed by atoms with Crippen molar-refractivity contribution in [3.8, 4) is 0 Å². The predicted molar refractivity (Wildman–Crippen MR) is 87.4 cm³/mol. The van der Waals surface area contributed by atoms with Gasteiger partial charge in [0.25, 0.3) is 0 Å². The van der Waals surface area contributed by atoms with E-state index in [1.54, 1.807) is 11.3 Å². The second kappa shape index (κ2) is 8.18. The highest BCUT2D eigenvalue weighted by molar-refractivity contribution is 7.07. The first-order valence-corrected chi connectivity index (χ1v) is 8.36. The minimum atomic E-state index is 0.616. The summed E-state index contributed by atoms with van der Waals surface area (Å²) < 4.78 is 0. The third-order valence-electron chi connectivity index (χ3n) is 3.61. The minimum absolute atomic E-state index is 0.616. The van der Waals surface area contributed by atoms with Crippen LogP contribution in [0, 0.1) is 12.8 Å². The summed E-state index contributed by atoms with van der Waals surface area (Å²) in [6, 6.07) is 8.71. The number of benzene rings is 1. The van der Waals surface area contributed by atoms with Crippen molar-refractivity contribution in [1.82, 2.24) is 10.3 Å². The zero-order valence-corrected chi connectivity index (χ0v) is 13.2. The van der Waals surface area contributed by atoms with Crippen LogP contribution < -0.4 is 5.32 Å². The smallest absolute Gasteiger partial charge is 0.0794 e. The number of hydrogen-bond donors (Lipinski definition) is 1. The molecule has 0 radical (unpaired) electrons. The second-order valence-corrected chi connectivity index (χ2v) is 6.10. The number of aromatic nitrogens is 1. The summed E-state index contributed by atoms with van der Waals surface area (Å²) in [6.07, 6.45) is 3.38. The number of nitrogens with zero attached hydrogens (tertiary/aromatic N) is 1. The van der Waals surface area contributed by atoms with Gasteiger partial charge in [0, 0.05) is 5.38 Å². The number of hydrogen-bond acceptors (Lipinski definition) is 3. The first kappa shape index (κ1) is 15.2. The molecule has 0 spiro atoms. The summed E-state index contributed by atoms with van der Waals surface area (Å²) >= 11 is 1.69. The lowest BCUT2D eigenvalue weighted by molar-refractivity contribution is 0.466. The molecule has 1 N–H and O–H groups in total. The largest absolute Gasteiger partial charge is 0.316 e. The molecule has 0 saturated heterocycles. The van der Waals surface area contributed by atoms with E-state index in [9.17, 15) is 0 Å². The van der Waals surface area contributed by atoms with Gasteiger partial charge in [0.1, 0.15) is 0 Å². The molecule has 0 aliphatic rings. The molecule has 0 aliphatic carbocycles. The van der Waals surface area contributed by atoms with Gasteiger partial charge in [-0.1, -0.05) is 31.2 Å². The Morgan fingerprint density at radius 3 is 2.80 bits per heavy atom. The first-order valence-electron chi connectivity index (χ1n) is 7.42. The average molecular weight is 288 g/mol. The van der Waals surface area contributed by atoms with Crippen molar-refractivity contribution >= 4 is 11.3 Å². The fraction of sp³-hybridized carbons (Fsp3) is 0.471. The van der Waals surface area contributed by atoms with Crippen LogP contribution in [-0.2, 0) is 12.8 Å². The Bertz CT molecular complexity index is 493. The van der Waals surface area contributed by atoms with Crippen LogP contribution in [0.1, 0.15) is 30.2 Å². The number of thiazole rings is 1. The molecule has 3 heteroatoms. The van der Waals surface area contributed by atoms with Crippen molar-refractivity contribution in [3.05, 3.63) is 52.0 Å². The molecule has 2 nitrogen and oxygen atoms in total. The van der Waals surface area contributed by atoms with E-state index < -0.39 is 0 Å². The molecule has 1 unspecified atom stereocenters. The normalized spacial score (nSPS) is 12.5. The van der Waals surface area contributed by atoms with Gasteiger partial charge in [0.05, 0.1) is 11.2 Å². The first-order chi connectivity index (χ1) is 9.79. The quantitative estimate of drug-likeness (QED) is 0.746. The molecule has 1 aromatic carbocycles. The minimum Gasteiger partial charge on any atom is -0.316 e. The van der Waals surface area contributed by atoms with Crippen molar-refractivity contribution < 1.29 is 0 Å². The molecule has 1 aromatic heterocycles. The maximum atomic E-state index is 4.44. The van der Waals surface area contributed by atoms with Crippen molar-refractivity contribution in [2.24, 2.45) is 5.92 Å². The van der Waals surface area contributed by atoms with E-state index in [1.165, 1.54) is 23.2 Å². The van der Waals surface area contributed by atoms with E-state index >= 15 is 0 Å². The van der Waals surface area contributed by atoms with Gasteiger partial charge in [0.2, 0.25) is 0 Å². The van der Waals surface area contributed by atoms with Crippen LogP contribution in [0.3, 0.4) is 0 Å². The van der Waals surface area contributed by atoms with Crippen LogP contribution in [0.5, 0.6) is 0 Å². The lowest BCUT2D eigenvalue weighted by atomic mass is 9.92. The maximum absolute atomic E-state index is 4.44. The summed E-state index contributed by atoms with van der Waals surface area (Å²) in [6.45, 7) is 6.58. The SMILES string of the molecule is CCCNCC(Cc1cscn1)Cc1ccccc1C. The fourth-order valence-electron chi connectivity index (χ4n) is 2.48. The Kier molecular flexibility index (Phi) is 6.22. The number of aryl methyl sites for hydroxylation is 1. The van der Waals surface area contributed by atoms with Gasteiger partial charge in [-0.15, -0.1) is 11.3 Å². The van der Waals surface area contributed by atoms with E-state index in [2.05, 4.69) is 53.8 Å². The van der Waals surface area contributed by atoms with Crippen LogP contribution in [-0.4, -0.2) is 18.1 Å². The van der Waals surface area contributed by atoms with Crippen molar-refractivity contribution in [3.63, 3.8) is 0 Å². The molecule has 0 aliphatic heterocycles. The highest BCUT2D eigenvalue weighted by Crippen LogP contribution is 2.17. The van der Waals surface area contributed by atoms with Crippen LogP contribution in [0.4, 0.5) is 0 Å². The van der Waals surface area contributed by atoms with Gasteiger partial charge < -0.3 is 5.32 Å². The molecule has 2 rings (SSSR count). The van der Waals surface area contributed by atoms with Crippen LogP contribution in [0.15, 0.2) is 35.2 Å². The van der Waals surface area contributed by atoms with E-state index in [0.29, 0.717) is 5.92 Å². The van der Waals surface area contributed by atoms with Crippen LogP contribution in [0.2, 0.25) is 0 Å². The van der Waals surface area contributed by atoms with E-state index in [1.807, 2.05) is 5.51 Å². The summed E-state index contributed by atoms with van der Waals surface area (Å²) in [5.74, 6) is 0.616. The number of rotatable bonds is 8. The van der Waals surface area contributed by atoms with Gasteiger partial charge in [-0.25, -0.2) is 4.98 Å². The van der Waals surface area contributed by atoms with E-state index in [0.717, 1.165) is 25.9 Å². The molecule has 108 valence electrons. The molecule has 0 saturated carbocycles. The van der Waals surface area contributed by atoms with Crippen molar-refractivity contribution in [2.75, 3.05) is 13.1 Å². The molecule has 1 heterocycles. The van der Waals surface area contributed by atoms with Gasteiger partial charge in [-0.05, 0) is 56.3 Å². The molecule has 1 atom stereocenters. The van der Waals surface area contributed by atoms with Gasteiger partial charge in [-0.2, -0.15) is 0 Å². The Labute approximate surface area is 126 Å². The fourth-order valence-corrected chi connectivity index (χ4v) is 3.05. The molecule has 0 fully saturated rings. The lowest BCUT2D eigenvalue weighted by Gasteiger charge is -2.18. The highest BCUT2D eigenvalue weighted by Gasteiger charge is 2.12. The van der Waals surface area contributed by atoms with E-state index in [-0.39, 0.29) is 0 Å². The number of nitrogens with one attached hydrogen (secondary N) is 1. The predicted octanol–water partition coefficient (Wildman–Crippen LogP) is 3.85. The molecular formula is C17H24N2S. The Morgan fingerprint density at radius 1 is 1.25 bits per heavy atom. The molecule has 20 heavy (non-hydrogen) atoms. The van der Waals surface area contributed by atoms with Gasteiger partial charge in [0.15, 0.2) is 0 Å². The zero-order valence-electron chi connectivity index (χ0n) is 12.4. The zero-order chi connectivity index (χ0) is 14.2. The maximum Gasteiger partial charge on any atom is 0.0794 e. The highest BCUT2D eigenvalue weighted by atomic mass is 32.1. The summed E-state index contributed by atoms with van der Waals surface area (Å²) in [5.41, 5.74) is 6.02. The van der Waals surface area contributed by atoms with Crippen molar-refractivity contribution in [1.29, 1.82) is 0 Å². The molecule has 2 aromatic rings. The molecule has 0 bridgehead atoms. The summed E-state index contributed by atoms with van der Waals surface area (Å²) in [4.78, 5) is 4.44. The second-order valence-electron chi connectivity index (χ2n) is 5.38. The Hall–Kier alpha value is -1.19. The van der Waals surface area contributed by atoms with Crippen molar-refractivity contribution in [2.45, 2.75) is 33.1 Å². The third-order valence-corrected chi connectivity index (χ3v) is 4.25. The van der Waals surface area contributed by atoms with E-state index in [4.69, 9.17) is 0 Å². The van der Waals surface area contributed by atoms with Crippen LogP contribution in [0.25, 0.3) is 0 Å². The third kappa shape index (κ3) is 4.73. The topological polar surface area (TPSA) is 24.9 Å². The Balaban J connectivity index is 1.99. The van der Waals surface area contributed by atoms with Gasteiger partial charge in [-0.3, -0.25) is 0 Å². The summed E-state index contributed by atoms with van der Waals surface area (Å²) in [7, 11) is 0. The van der Waals surface area contributed by atoms with Gasteiger partial charge >= 0.3 is 0 Å². The summed E-state index contributed by atoms with van der Waals surface area (Å²) in [5, 5.41) is 5.73. The average Bonchev–Trinajstić information content (AvgIpc) is 2.94.